The van der Waals surface area contributed by atoms with Gasteiger partial charge in [0.25, 0.3) is 0 Å². The average molecular weight is 289 g/mol. The van der Waals surface area contributed by atoms with Crippen molar-refractivity contribution in [2.24, 2.45) is 0 Å². The lowest BCUT2D eigenvalue weighted by Crippen LogP contribution is -2.50. The van der Waals surface area contributed by atoms with Crippen molar-refractivity contribution >= 4 is 11.9 Å². The number of rotatable bonds is 3. The van der Waals surface area contributed by atoms with Crippen LogP contribution in [0.2, 0.25) is 0 Å². The normalized spacial score (nSPS) is 14.5. The van der Waals surface area contributed by atoms with Gasteiger partial charge in [-0.3, -0.25) is 4.79 Å². The Morgan fingerprint density at radius 2 is 1.70 bits per heavy atom. The van der Waals surface area contributed by atoms with Gasteiger partial charge in [0.05, 0.1) is 5.56 Å². The highest BCUT2D eigenvalue weighted by molar-refractivity contribution is 5.86. The highest BCUT2D eigenvalue weighted by Crippen LogP contribution is 2.34. The standard InChI is InChI=1S/C13H14F3NO3/c1-8(18)17(3)12(2,11(19)20)9-5-4-6-10(7-9)13(14,15)16/h4-7H,1-3H3,(H,19,20). The maximum atomic E-state index is 12.7. The number of halogens is 3. The van der Waals surface area contributed by atoms with Crippen molar-refractivity contribution in [3.05, 3.63) is 35.4 Å². The van der Waals surface area contributed by atoms with Crippen LogP contribution in [0.3, 0.4) is 0 Å². The summed E-state index contributed by atoms with van der Waals surface area (Å²) in [5, 5.41) is 9.32. The summed E-state index contributed by atoms with van der Waals surface area (Å²) in [5.41, 5.74) is -2.94. The van der Waals surface area contributed by atoms with Crippen molar-refractivity contribution in [2.45, 2.75) is 25.6 Å². The minimum absolute atomic E-state index is 0.113. The van der Waals surface area contributed by atoms with Crippen molar-refractivity contribution in [3.8, 4) is 0 Å². The number of amides is 1. The first-order valence-electron chi connectivity index (χ1n) is 5.66. The van der Waals surface area contributed by atoms with Crippen molar-refractivity contribution < 1.29 is 27.9 Å². The van der Waals surface area contributed by atoms with Gasteiger partial charge in [-0.2, -0.15) is 13.2 Å². The van der Waals surface area contributed by atoms with Crippen molar-refractivity contribution in [1.29, 1.82) is 0 Å². The molecule has 0 aromatic heterocycles. The molecule has 1 atom stereocenters. The van der Waals surface area contributed by atoms with Crippen LogP contribution in [0.25, 0.3) is 0 Å². The zero-order valence-electron chi connectivity index (χ0n) is 11.2. The van der Waals surface area contributed by atoms with Crippen LogP contribution in [0.4, 0.5) is 13.2 Å². The predicted molar refractivity (Wildman–Crippen MR) is 64.9 cm³/mol. The number of carboxylic acids is 1. The van der Waals surface area contributed by atoms with Crippen LogP contribution in [0.5, 0.6) is 0 Å². The SMILES string of the molecule is CC(=O)N(C)C(C)(C(=O)O)c1cccc(C(F)(F)F)c1. The summed E-state index contributed by atoms with van der Waals surface area (Å²) < 4.78 is 38.1. The van der Waals surface area contributed by atoms with E-state index in [-0.39, 0.29) is 5.56 Å². The van der Waals surface area contributed by atoms with Gasteiger partial charge in [0.15, 0.2) is 5.54 Å². The molecule has 1 aromatic rings. The molecule has 0 spiro atoms. The van der Waals surface area contributed by atoms with Crippen molar-refractivity contribution in [2.75, 3.05) is 7.05 Å². The Morgan fingerprint density at radius 1 is 1.20 bits per heavy atom. The number of carbonyl (C=O) groups excluding carboxylic acids is 1. The molecule has 7 heteroatoms. The Kier molecular flexibility index (Phi) is 4.12. The van der Waals surface area contributed by atoms with E-state index in [1.165, 1.54) is 20.0 Å². The highest BCUT2D eigenvalue weighted by atomic mass is 19.4. The number of alkyl halides is 3. The third-order valence-corrected chi connectivity index (χ3v) is 3.31. The number of hydrogen-bond acceptors (Lipinski definition) is 2. The molecule has 1 amide bonds. The summed E-state index contributed by atoms with van der Waals surface area (Å²) in [5.74, 6) is -1.97. The predicted octanol–water partition coefficient (Wildman–Crippen LogP) is 2.48. The first kappa shape index (κ1) is 16.0. The van der Waals surface area contributed by atoms with Gasteiger partial charge in [-0.15, -0.1) is 0 Å². The largest absolute Gasteiger partial charge is 0.479 e. The average Bonchev–Trinajstić information content (AvgIpc) is 2.35. The second-order valence-electron chi connectivity index (χ2n) is 4.53. The molecule has 0 bridgehead atoms. The second kappa shape index (κ2) is 5.15. The van der Waals surface area contributed by atoms with E-state index < -0.39 is 29.2 Å². The summed E-state index contributed by atoms with van der Waals surface area (Å²) >= 11 is 0. The molecule has 4 nitrogen and oxygen atoms in total. The molecule has 0 saturated heterocycles. The van der Waals surface area contributed by atoms with Crippen LogP contribution >= 0.6 is 0 Å². The maximum Gasteiger partial charge on any atom is 0.416 e. The first-order chi connectivity index (χ1) is 9.01. The van der Waals surface area contributed by atoms with Crippen molar-refractivity contribution in [1.82, 2.24) is 4.90 Å². The van der Waals surface area contributed by atoms with E-state index >= 15 is 0 Å². The zero-order chi connectivity index (χ0) is 15.7. The Bertz CT molecular complexity index is 542. The molecule has 1 N–H and O–H groups in total. The Hall–Kier alpha value is -2.05. The summed E-state index contributed by atoms with van der Waals surface area (Å²) in [6.45, 7) is 2.33. The van der Waals surface area contributed by atoms with Crippen LogP contribution in [0.1, 0.15) is 25.0 Å². The van der Waals surface area contributed by atoms with Crippen LogP contribution in [-0.4, -0.2) is 28.9 Å². The zero-order valence-corrected chi connectivity index (χ0v) is 11.2. The number of aliphatic carboxylic acids is 1. The lowest BCUT2D eigenvalue weighted by molar-refractivity contribution is -0.156. The first-order valence-corrected chi connectivity index (χ1v) is 5.66. The van der Waals surface area contributed by atoms with Gasteiger partial charge in [-0.05, 0) is 24.6 Å². The molecule has 0 radical (unpaired) electrons. The third-order valence-electron chi connectivity index (χ3n) is 3.31. The topological polar surface area (TPSA) is 57.6 Å². The number of likely N-dealkylation sites (N-methyl/N-ethyl adjacent to an activating group) is 1. The molecule has 20 heavy (non-hydrogen) atoms. The number of hydrogen-bond donors (Lipinski definition) is 1. The summed E-state index contributed by atoms with van der Waals surface area (Å²) in [4.78, 5) is 23.7. The molecule has 1 rings (SSSR count). The molecular weight excluding hydrogens is 275 g/mol. The lowest BCUT2D eigenvalue weighted by atomic mass is 9.89. The van der Waals surface area contributed by atoms with E-state index in [1.807, 2.05) is 0 Å². The van der Waals surface area contributed by atoms with E-state index in [9.17, 15) is 27.9 Å². The lowest BCUT2D eigenvalue weighted by Gasteiger charge is -2.35. The molecule has 0 heterocycles. The van der Waals surface area contributed by atoms with E-state index in [0.717, 1.165) is 30.0 Å². The van der Waals surface area contributed by atoms with E-state index in [1.54, 1.807) is 0 Å². The smallest absolute Gasteiger partial charge is 0.416 e. The van der Waals surface area contributed by atoms with Crippen LogP contribution < -0.4 is 0 Å². The van der Waals surface area contributed by atoms with Crippen LogP contribution in [0, 0.1) is 0 Å². The summed E-state index contributed by atoms with van der Waals surface area (Å²) in [6, 6.07) is 3.96. The third kappa shape index (κ3) is 2.76. The van der Waals surface area contributed by atoms with Gasteiger partial charge < -0.3 is 10.0 Å². The molecule has 1 unspecified atom stereocenters. The minimum atomic E-state index is -4.58. The van der Waals surface area contributed by atoms with Crippen LogP contribution in [-0.2, 0) is 21.3 Å². The Balaban J connectivity index is 3.44. The van der Waals surface area contributed by atoms with Gasteiger partial charge >= 0.3 is 12.1 Å². The molecule has 0 aliphatic rings. The molecule has 1 aromatic carbocycles. The Morgan fingerprint density at radius 3 is 2.10 bits per heavy atom. The fourth-order valence-electron chi connectivity index (χ4n) is 1.77. The van der Waals surface area contributed by atoms with Gasteiger partial charge in [0, 0.05) is 14.0 Å². The molecule has 110 valence electrons. The van der Waals surface area contributed by atoms with E-state index in [0.29, 0.717) is 0 Å². The monoisotopic (exact) mass is 289 g/mol. The summed E-state index contributed by atoms with van der Waals surface area (Å²) in [6.07, 6.45) is -4.58. The van der Waals surface area contributed by atoms with Gasteiger partial charge in [-0.25, -0.2) is 4.79 Å². The maximum absolute atomic E-state index is 12.7. The van der Waals surface area contributed by atoms with Gasteiger partial charge in [0.2, 0.25) is 5.91 Å². The van der Waals surface area contributed by atoms with E-state index in [2.05, 4.69) is 0 Å². The van der Waals surface area contributed by atoms with E-state index in [4.69, 9.17) is 0 Å². The molecule has 0 fully saturated rings. The quantitative estimate of drug-likeness (QED) is 0.930. The fraction of sp³-hybridized carbons (Fsp3) is 0.385. The number of nitrogens with zero attached hydrogens (tertiary/aromatic N) is 1. The second-order valence-corrected chi connectivity index (χ2v) is 4.53. The fourth-order valence-corrected chi connectivity index (χ4v) is 1.77. The minimum Gasteiger partial charge on any atom is -0.479 e. The van der Waals surface area contributed by atoms with Crippen LogP contribution in [0.15, 0.2) is 24.3 Å². The number of carboxylic acid groups (broad SMARTS) is 1. The molecule has 0 saturated carbocycles. The van der Waals surface area contributed by atoms with Crippen molar-refractivity contribution in [3.63, 3.8) is 0 Å². The van der Waals surface area contributed by atoms with Gasteiger partial charge in [0.1, 0.15) is 0 Å². The number of benzene rings is 1. The molecule has 0 aliphatic carbocycles. The summed E-state index contributed by atoms with van der Waals surface area (Å²) in [7, 11) is 1.23. The van der Waals surface area contributed by atoms with Gasteiger partial charge in [-0.1, -0.05) is 12.1 Å². The molecule has 0 aliphatic heterocycles. The molecular formula is C13H14F3NO3. The Labute approximate surface area is 113 Å². The highest BCUT2D eigenvalue weighted by Gasteiger charge is 2.42. The number of carbonyl (C=O) groups is 2.